The molecule has 0 aliphatic heterocycles. The highest BCUT2D eigenvalue weighted by atomic mass is 16.2. The molecule has 5 heteroatoms. The number of nitrogens with zero attached hydrogens (tertiary/aromatic N) is 2. The third-order valence-corrected chi connectivity index (χ3v) is 9.42. The van der Waals surface area contributed by atoms with Crippen LogP contribution in [0.5, 0.6) is 0 Å². The Labute approximate surface area is 182 Å². The SMILES string of the molecule is O=C(NC12CC3CC4CC(C1)C4(C3)C2)c1nc(C(=O)C2C=CCCC2)n2ccccc12. The summed E-state index contributed by atoms with van der Waals surface area (Å²) in [5.41, 5.74) is 1.61. The van der Waals surface area contributed by atoms with Crippen molar-refractivity contribution in [3.8, 4) is 0 Å². The van der Waals surface area contributed by atoms with Crippen LogP contribution in [0.25, 0.3) is 5.52 Å². The molecule has 160 valence electrons. The maximum absolute atomic E-state index is 13.6. The molecule has 3 bridgehead atoms. The molecule has 7 rings (SSSR count). The number of carbonyl (C=O) groups is 2. The van der Waals surface area contributed by atoms with Gasteiger partial charge in [0, 0.05) is 17.7 Å². The molecule has 0 saturated heterocycles. The fraction of sp³-hybridized carbons (Fsp3) is 0.577. The number of amides is 1. The van der Waals surface area contributed by atoms with Gasteiger partial charge in [-0.1, -0.05) is 18.2 Å². The number of hydrogen-bond donors (Lipinski definition) is 1. The lowest BCUT2D eigenvalue weighted by Gasteiger charge is -2.49. The zero-order chi connectivity index (χ0) is 20.8. The minimum atomic E-state index is -0.135. The average Bonchev–Trinajstić information content (AvgIpc) is 3.32. The quantitative estimate of drug-likeness (QED) is 0.588. The van der Waals surface area contributed by atoms with Crippen LogP contribution in [0, 0.1) is 29.1 Å². The van der Waals surface area contributed by atoms with Gasteiger partial charge in [-0.2, -0.15) is 0 Å². The number of Topliss-reactive ketones (excluding diaryl/α,β-unsaturated/α-hetero) is 1. The largest absolute Gasteiger partial charge is 0.345 e. The summed E-state index contributed by atoms with van der Waals surface area (Å²) in [6.45, 7) is 0. The van der Waals surface area contributed by atoms with Crippen LogP contribution < -0.4 is 5.32 Å². The van der Waals surface area contributed by atoms with Crippen molar-refractivity contribution < 1.29 is 9.59 Å². The maximum atomic E-state index is 13.6. The summed E-state index contributed by atoms with van der Waals surface area (Å²) in [6.07, 6.45) is 16.4. The number of hydrogen-bond acceptors (Lipinski definition) is 3. The minimum Gasteiger partial charge on any atom is -0.345 e. The molecule has 0 radical (unpaired) electrons. The van der Waals surface area contributed by atoms with E-state index >= 15 is 0 Å². The number of nitrogens with one attached hydrogen (secondary N) is 1. The van der Waals surface area contributed by atoms with E-state index in [0.29, 0.717) is 16.9 Å². The normalized spacial score (nSPS) is 39.5. The number of fused-ring (bicyclic) bond motifs is 3. The molecular weight excluding hydrogens is 386 g/mol. The van der Waals surface area contributed by atoms with E-state index in [0.717, 1.165) is 61.8 Å². The van der Waals surface area contributed by atoms with Gasteiger partial charge in [0.25, 0.3) is 5.91 Å². The molecular formula is C26H29N3O2. The monoisotopic (exact) mass is 415 g/mol. The van der Waals surface area contributed by atoms with Crippen molar-refractivity contribution in [2.45, 2.75) is 63.3 Å². The van der Waals surface area contributed by atoms with E-state index in [9.17, 15) is 9.59 Å². The van der Waals surface area contributed by atoms with Crippen LogP contribution in [0.15, 0.2) is 36.5 Å². The topological polar surface area (TPSA) is 63.5 Å². The Hall–Kier alpha value is -2.43. The first-order valence-electron chi connectivity index (χ1n) is 12.1. The predicted octanol–water partition coefficient (Wildman–Crippen LogP) is 4.57. The van der Waals surface area contributed by atoms with Crippen LogP contribution >= 0.6 is 0 Å². The highest BCUT2D eigenvalue weighted by Gasteiger charge is 2.71. The number of ketones is 1. The summed E-state index contributed by atoms with van der Waals surface area (Å²) in [4.78, 5) is 31.5. The minimum absolute atomic E-state index is 0.0192. The average molecular weight is 416 g/mol. The van der Waals surface area contributed by atoms with E-state index < -0.39 is 0 Å². The molecule has 0 aromatic carbocycles. The van der Waals surface area contributed by atoms with Gasteiger partial charge in [-0.15, -0.1) is 0 Å². The first-order chi connectivity index (χ1) is 15.1. The van der Waals surface area contributed by atoms with Gasteiger partial charge in [-0.05, 0) is 93.1 Å². The highest BCUT2D eigenvalue weighted by Crippen LogP contribution is 2.76. The molecule has 6 atom stereocenters. The van der Waals surface area contributed by atoms with Crippen molar-refractivity contribution in [3.63, 3.8) is 0 Å². The van der Waals surface area contributed by atoms with E-state index in [1.54, 1.807) is 0 Å². The predicted molar refractivity (Wildman–Crippen MR) is 117 cm³/mol. The lowest BCUT2D eigenvalue weighted by Crippen LogP contribution is -2.50. The van der Waals surface area contributed by atoms with Crippen LogP contribution in [-0.4, -0.2) is 26.6 Å². The molecule has 6 unspecified atom stereocenters. The van der Waals surface area contributed by atoms with E-state index in [2.05, 4.69) is 16.4 Å². The fourth-order valence-corrected chi connectivity index (χ4v) is 8.38. The van der Waals surface area contributed by atoms with E-state index in [1.807, 2.05) is 34.9 Å². The lowest BCUT2D eigenvalue weighted by atomic mass is 9.56. The third kappa shape index (κ3) is 2.41. The number of pyridine rings is 1. The van der Waals surface area contributed by atoms with Crippen LogP contribution in [0.2, 0.25) is 0 Å². The second-order valence-corrected chi connectivity index (χ2v) is 11.1. The first-order valence-corrected chi connectivity index (χ1v) is 12.1. The number of imidazole rings is 1. The van der Waals surface area contributed by atoms with Crippen molar-refractivity contribution in [3.05, 3.63) is 48.1 Å². The molecule has 4 saturated carbocycles. The van der Waals surface area contributed by atoms with Crippen molar-refractivity contribution in [1.82, 2.24) is 14.7 Å². The lowest BCUT2D eigenvalue weighted by molar-refractivity contribution is -0.000693. The molecule has 1 amide bonds. The van der Waals surface area contributed by atoms with Crippen LogP contribution in [0.4, 0.5) is 0 Å². The number of carbonyl (C=O) groups excluding carboxylic acids is 2. The van der Waals surface area contributed by atoms with E-state index in [1.165, 1.54) is 19.3 Å². The smallest absolute Gasteiger partial charge is 0.272 e. The Bertz CT molecular complexity index is 1140. The van der Waals surface area contributed by atoms with E-state index in [4.69, 9.17) is 0 Å². The molecule has 4 fully saturated rings. The van der Waals surface area contributed by atoms with Crippen molar-refractivity contribution >= 4 is 17.2 Å². The van der Waals surface area contributed by atoms with Gasteiger partial charge < -0.3 is 5.32 Å². The van der Waals surface area contributed by atoms with Gasteiger partial charge in [-0.25, -0.2) is 4.98 Å². The number of allylic oxidation sites excluding steroid dienone is 2. The van der Waals surface area contributed by atoms with E-state index in [-0.39, 0.29) is 23.1 Å². The molecule has 2 aromatic rings. The molecule has 5 nitrogen and oxygen atoms in total. The molecule has 2 heterocycles. The van der Waals surface area contributed by atoms with Gasteiger partial charge >= 0.3 is 0 Å². The van der Waals surface area contributed by atoms with Crippen LogP contribution in [-0.2, 0) is 0 Å². The van der Waals surface area contributed by atoms with Gasteiger partial charge in [-0.3, -0.25) is 14.0 Å². The standard InChI is InChI=1S/C26H29N3O2/c30-22(17-6-2-1-3-7-17)23-27-21(20-8-4-5-9-29(20)23)24(31)28-25-12-16-10-18-11-19(14-25)26(18,13-16)15-25/h2,4-6,8-9,16-19H,1,3,7,10-15H2,(H,28,31). The molecule has 2 aromatic heterocycles. The fourth-order valence-electron chi connectivity index (χ4n) is 8.38. The summed E-state index contributed by atoms with van der Waals surface area (Å²) in [7, 11) is 0. The van der Waals surface area contributed by atoms with Crippen molar-refractivity contribution in [1.29, 1.82) is 0 Å². The third-order valence-electron chi connectivity index (χ3n) is 9.42. The number of rotatable bonds is 4. The van der Waals surface area contributed by atoms with Gasteiger partial charge in [0.1, 0.15) is 0 Å². The molecule has 1 N–H and O–H groups in total. The molecule has 31 heavy (non-hydrogen) atoms. The van der Waals surface area contributed by atoms with Crippen LogP contribution in [0.3, 0.4) is 0 Å². The van der Waals surface area contributed by atoms with Gasteiger partial charge in [0.15, 0.2) is 11.5 Å². The Morgan fingerprint density at radius 3 is 2.94 bits per heavy atom. The number of aromatic nitrogens is 2. The zero-order valence-corrected chi connectivity index (χ0v) is 17.8. The summed E-state index contributed by atoms with van der Waals surface area (Å²) in [6, 6.07) is 5.72. The molecule has 1 spiro atoms. The molecule has 5 aliphatic rings. The van der Waals surface area contributed by atoms with Crippen molar-refractivity contribution in [2.24, 2.45) is 29.1 Å². The Balaban J connectivity index is 1.23. The highest BCUT2D eigenvalue weighted by molar-refractivity contribution is 6.03. The first kappa shape index (κ1) is 18.2. The summed E-state index contributed by atoms with van der Waals surface area (Å²) in [5, 5.41) is 3.48. The second-order valence-electron chi connectivity index (χ2n) is 11.1. The molecule has 5 aliphatic carbocycles. The van der Waals surface area contributed by atoms with Gasteiger partial charge in [0.05, 0.1) is 5.52 Å². The van der Waals surface area contributed by atoms with Gasteiger partial charge in [0.2, 0.25) is 5.78 Å². The van der Waals surface area contributed by atoms with Crippen LogP contribution in [0.1, 0.15) is 78.9 Å². The second kappa shape index (κ2) is 6.08. The summed E-state index contributed by atoms with van der Waals surface area (Å²) in [5.74, 6) is 2.67. The maximum Gasteiger partial charge on any atom is 0.272 e. The summed E-state index contributed by atoms with van der Waals surface area (Å²) < 4.78 is 1.81. The Morgan fingerprint density at radius 1 is 1.13 bits per heavy atom. The Kier molecular flexibility index (Phi) is 3.57. The zero-order valence-electron chi connectivity index (χ0n) is 17.8. The van der Waals surface area contributed by atoms with Crippen molar-refractivity contribution in [2.75, 3.05) is 0 Å². The Morgan fingerprint density at radius 2 is 2.06 bits per heavy atom. The summed E-state index contributed by atoms with van der Waals surface area (Å²) >= 11 is 0.